The number of pyridine rings is 1. The zero-order valence-electron chi connectivity index (χ0n) is 11.8. The molecule has 0 fully saturated rings. The van der Waals surface area contributed by atoms with Gasteiger partial charge in [-0.2, -0.15) is 0 Å². The van der Waals surface area contributed by atoms with Crippen molar-refractivity contribution in [2.45, 2.75) is 6.92 Å². The highest BCUT2D eigenvalue weighted by Crippen LogP contribution is 2.37. The Hall–Kier alpha value is -1.99. The fourth-order valence-electron chi connectivity index (χ4n) is 2.09. The molecule has 2 aromatic heterocycles. The lowest BCUT2D eigenvalue weighted by Gasteiger charge is -2.03. The molecule has 0 unspecified atom stereocenters. The molecule has 3 aromatic rings. The van der Waals surface area contributed by atoms with Crippen molar-refractivity contribution in [3.63, 3.8) is 0 Å². The highest BCUT2D eigenvalue weighted by Gasteiger charge is 2.13. The maximum absolute atomic E-state index is 11.6. The van der Waals surface area contributed by atoms with E-state index in [9.17, 15) is 4.79 Å². The van der Waals surface area contributed by atoms with E-state index in [2.05, 4.69) is 36.5 Å². The average Bonchev–Trinajstić information content (AvgIpc) is 2.89. The van der Waals surface area contributed by atoms with Crippen molar-refractivity contribution in [3.05, 3.63) is 41.1 Å². The van der Waals surface area contributed by atoms with Crippen LogP contribution < -0.4 is 10.6 Å². The number of fused-ring (bicyclic) bond motifs is 1. The van der Waals surface area contributed by atoms with Gasteiger partial charge in [-0.3, -0.25) is 10.3 Å². The smallest absolute Gasteiger partial charge is 0.321 e. The summed E-state index contributed by atoms with van der Waals surface area (Å²) in [5.74, 6) is 0. The largest absolute Gasteiger partial charge is 0.338 e. The molecule has 0 atom stereocenters. The molecule has 0 radical (unpaired) electrons. The molecule has 0 aliphatic carbocycles. The Kier molecular flexibility index (Phi) is 4.35. The van der Waals surface area contributed by atoms with Crippen LogP contribution in [0.25, 0.3) is 21.3 Å². The van der Waals surface area contributed by atoms with Crippen molar-refractivity contribution >= 4 is 48.6 Å². The summed E-state index contributed by atoms with van der Waals surface area (Å²) in [6.07, 6.45) is 3.56. The van der Waals surface area contributed by atoms with Crippen LogP contribution in [-0.4, -0.2) is 22.5 Å². The number of benzene rings is 1. The summed E-state index contributed by atoms with van der Waals surface area (Å²) in [5, 5.41) is 6.02. The van der Waals surface area contributed by atoms with E-state index in [0.29, 0.717) is 11.7 Å². The Morgan fingerprint density at radius 3 is 3.00 bits per heavy atom. The minimum Gasteiger partial charge on any atom is -0.338 e. The first kappa shape index (κ1) is 14.9. The fourth-order valence-corrected chi connectivity index (χ4v) is 3.51. The van der Waals surface area contributed by atoms with E-state index in [4.69, 9.17) is 0 Å². The fraction of sp³-hybridized carbons (Fsp3) is 0.133. The number of rotatable bonds is 3. The molecule has 0 saturated heterocycles. The zero-order valence-corrected chi connectivity index (χ0v) is 14.2. The number of hydrogen-bond donors (Lipinski definition) is 2. The number of amides is 2. The Morgan fingerprint density at radius 1 is 1.41 bits per heavy atom. The van der Waals surface area contributed by atoms with Crippen LogP contribution in [0.15, 0.2) is 41.1 Å². The van der Waals surface area contributed by atoms with Gasteiger partial charge in [0.15, 0.2) is 5.13 Å². The number of carbonyl (C=O) groups is 1. The summed E-state index contributed by atoms with van der Waals surface area (Å²) in [5.41, 5.74) is 2.89. The monoisotopic (exact) mass is 376 g/mol. The first-order valence-electron chi connectivity index (χ1n) is 6.72. The number of halogens is 1. The zero-order chi connectivity index (χ0) is 15.5. The summed E-state index contributed by atoms with van der Waals surface area (Å²) >= 11 is 4.96. The van der Waals surface area contributed by atoms with Gasteiger partial charge in [0.05, 0.1) is 10.2 Å². The van der Waals surface area contributed by atoms with Crippen molar-refractivity contribution < 1.29 is 4.79 Å². The predicted octanol–water partition coefficient (Wildman–Crippen LogP) is 4.26. The number of nitrogens with zero attached hydrogens (tertiary/aromatic N) is 2. The van der Waals surface area contributed by atoms with Gasteiger partial charge in [-0.15, -0.1) is 0 Å². The summed E-state index contributed by atoms with van der Waals surface area (Å²) in [6.45, 7) is 2.44. The van der Waals surface area contributed by atoms with Crippen LogP contribution in [0, 0.1) is 0 Å². The molecule has 22 heavy (non-hydrogen) atoms. The topological polar surface area (TPSA) is 66.9 Å². The first-order valence-corrected chi connectivity index (χ1v) is 8.33. The second-order valence-corrected chi connectivity index (χ2v) is 6.46. The standard InChI is InChI=1S/C15H13BrN4OS/c1-2-18-14(21)20-15-19-12-7-10(16)6-11(13(12)22-15)9-4-3-5-17-8-9/h3-8H,2H2,1H3,(H2,18,19,20,21). The maximum Gasteiger partial charge on any atom is 0.321 e. The molecule has 3 rings (SSSR count). The molecule has 1 aromatic carbocycles. The van der Waals surface area contributed by atoms with Gasteiger partial charge in [0, 0.05) is 34.5 Å². The molecule has 2 heterocycles. The van der Waals surface area contributed by atoms with Crippen molar-refractivity contribution in [3.8, 4) is 11.1 Å². The minimum absolute atomic E-state index is 0.247. The van der Waals surface area contributed by atoms with Crippen molar-refractivity contribution in [1.29, 1.82) is 0 Å². The summed E-state index contributed by atoms with van der Waals surface area (Å²) in [6, 6.07) is 7.63. The van der Waals surface area contributed by atoms with Gasteiger partial charge in [-0.05, 0) is 25.1 Å². The highest BCUT2D eigenvalue weighted by atomic mass is 79.9. The maximum atomic E-state index is 11.6. The molecule has 0 bridgehead atoms. The normalized spacial score (nSPS) is 10.6. The minimum atomic E-state index is -0.247. The van der Waals surface area contributed by atoms with Gasteiger partial charge in [0.2, 0.25) is 0 Å². The van der Waals surface area contributed by atoms with E-state index < -0.39 is 0 Å². The average molecular weight is 377 g/mol. The van der Waals surface area contributed by atoms with E-state index in [1.54, 1.807) is 6.20 Å². The molecule has 5 nitrogen and oxygen atoms in total. The summed E-state index contributed by atoms with van der Waals surface area (Å²) in [7, 11) is 0. The first-order chi connectivity index (χ1) is 10.7. The molecule has 7 heteroatoms. The third-order valence-corrected chi connectivity index (χ3v) is 4.46. The molecule has 112 valence electrons. The predicted molar refractivity (Wildman–Crippen MR) is 93.2 cm³/mol. The number of carbonyl (C=O) groups excluding carboxylic acids is 1. The van der Waals surface area contributed by atoms with Crippen molar-refractivity contribution in [1.82, 2.24) is 15.3 Å². The molecule has 0 aliphatic heterocycles. The molecule has 0 saturated carbocycles. The van der Waals surface area contributed by atoms with Crippen LogP contribution in [0.4, 0.5) is 9.93 Å². The lowest BCUT2D eigenvalue weighted by atomic mass is 10.1. The van der Waals surface area contributed by atoms with Crippen LogP contribution in [-0.2, 0) is 0 Å². The van der Waals surface area contributed by atoms with Gasteiger partial charge in [0.25, 0.3) is 0 Å². The highest BCUT2D eigenvalue weighted by molar-refractivity contribution is 9.10. The van der Waals surface area contributed by atoms with E-state index in [1.807, 2.05) is 37.4 Å². The van der Waals surface area contributed by atoms with Gasteiger partial charge in [0.1, 0.15) is 0 Å². The third-order valence-electron chi connectivity index (χ3n) is 2.99. The molecule has 0 spiro atoms. The van der Waals surface area contributed by atoms with Crippen LogP contribution in [0.3, 0.4) is 0 Å². The van der Waals surface area contributed by atoms with E-state index in [-0.39, 0.29) is 6.03 Å². The number of aromatic nitrogens is 2. The van der Waals surface area contributed by atoms with Crippen LogP contribution in [0.2, 0.25) is 0 Å². The molecule has 2 amide bonds. The van der Waals surface area contributed by atoms with E-state index in [1.165, 1.54) is 11.3 Å². The van der Waals surface area contributed by atoms with Gasteiger partial charge < -0.3 is 5.32 Å². The number of thiazole rings is 1. The van der Waals surface area contributed by atoms with Gasteiger partial charge in [-0.25, -0.2) is 9.78 Å². The Morgan fingerprint density at radius 2 is 2.27 bits per heavy atom. The number of anilines is 1. The van der Waals surface area contributed by atoms with Gasteiger partial charge >= 0.3 is 6.03 Å². The Labute approximate surface area is 139 Å². The second kappa shape index (κ2) is 6.41. The number of hydrogen-bond acceptors (Lipinski definition) is 4. The molecule has 0 aliphatic rings. The Bertz CT molecular complexity index is 819. The summed E-state index contributed by atoms with van der Waals surface area (Å²) in [4.78, 5) is 20.3. The SMILES string of the molecule is CCNC(=O)Nc1nc2cc(Br)cc(-c3cccnc3)c2s1. The molecular weight excluding hydrogens is 364 g/mol. The molecular formula is C15H13BrN4OS. The summed E-state index contributed by atoms with van der Waals surface area (Å²) < 4.78 is 1.96. The van der Waals surface area contributed by atoms with Crippen molar-refractivity contribution in [2.24, 2.45) is 0 Å². The number of nitrogens with one attached hydrogen (secondary N) is 2. The van der Waals surface area contributed by atoms with Crippen LogP contribution >= 0.6 is 27.3 Å². The van der Waals surface area contributed by atoms with Gasteiger partial charge in [-0.1, -0.05) is 33.3 Å². The van der Waals surface area contributed by atoms with E-state index in [0.717, 1.165) is 25.8 Å². The molecule has 2 N–H and O–H groups in total. The van der Waals surface area contributed by atoms with Crippen LogP contribution in [0.1, 0.15) is 6.92 Å². The number of urea groups is 1. The quantitative estimate of drug-likeness (QED) is 0.717. The van der Waals surface area contributed by atoms with Crippen LogP contribution in [0.5, 0.6) is 0 Å². The lowest BCUT2D eigenvalue weighted by Crippen LogP contribution is -2.28. The second-order valence-electron chi connectivity index (χ2n) is 4.55. The lowest BCUT2D eigenvalue weighted by molar-refractivity contribution is 0.252. The Balaban J connectivity index is 2.06. The third kappa shape index (κ3) is 3.10. The van der Waals surface area contributed by atoms with Crippen molar-refractivity contribution in [2.75, 3.05) is 11.9 Å². The van der Waals surface area contributed by atoms with E-state index >= 15 is 0 Å².